The lowest BCUT2D eigenvalue weighted by Crippen LogP contribution is -2.40. The van der Waals surface area contributed by atoms with E-state index in [1.807, 2.05) is 0 Å². The highest BCUT2D eigenvalue weighted by Gasteiger charge is 2.30. The average molecular weight is 238 g/mol. The highest BCUT2D eigenvalue weighted by Crippen LogP contribution is 2.23. The van der Waals surface area contributed by atoms with E-state index in [1.165, 1.54) is 32.1 Å². The molecule has 4 unspecified atom stereocenters. The largest absolute Gasteiger partial charge is 0.353 e. The summed E-state index contributed by atoms with van der Waals surface area (Å²) < 4.78 is 0. The van der Waals surface area contributed by atoms with Gasteiger partial charge in [-0.3, -0.25) is 4.79 Å². The van der Waals surface area contributed by atoms with E-state index in [9.17, 15) is 4.79 Å². The normalized spacial score (nSPS) is 38.7. The molecule has 1 aliphatic carbocycles. The molecule has 3 nitrogen and oxygen atoms in total. The Morgan fingerprint density at radius 2 is 1.94 bits per heavy atom. The van der Waals surface area contributed by atoms with Crippen molar-refractivity contribution in [3.05, 3.63) is 0 Å². The Labute approximate surface area is 105 Å². The molecular weight excluding hydrogens is 212 g/mol. The molecule has 2 aliphatic rings. The maximum atomic E-state index is 12.2. The monoisotopic (exact) mass is 238 g/mol. The Morgan fingerprint density at radius 1 is 1.12 bits per heavy atom. The Bertz CT molecular complexity index is 267. The van der Waals surface area contributed by atoms with Crippen molar-refractivity contribution >= 4 is 5.91 Å². The van der Waals surface area contributed by atoms with E-state index >= 15 is 0 Å². The van der Waals surface area contributed by atoms with Crippen LogP contribution in [0.4, 0.5) is 0 Å². The summed E-state index contributed by atoms with van der Waals surface area (Å²) in [6, 6.07) is 0.431. The molecule has 0 aromatic carbocycles. The van der Waals surface area contributed by atoms with Gasteiger partial charge in [-0.05, 0) is 37.6 Å². The molecule has 0 bridgehead atoms. The van der Waals surface area contributed by atoms with Crippen molar-refractivity contribution in [1.82, 2.24) is 10.6 Å². The van der Waals surface area contributed by atoms with E-state index in [1.54, 1.807) is 0 Å². The number of nitrogens with one attached hydrogen (secondary N) is 2. The van der Waals surface area contributed by atoms with Crippen LogP contribution in [0, 0.1) is 17.8 Å². The number of hydrogen-bond acceptors (Lipinski definition) is 2. The minimum atomic E-state index is 0.190. The third kappa shape index (κ3) is 3.44. The Balaban J connectivity index is 1.81. The van der Waals surface area contributed by atoms with Crippen molar-refractivity contribution in [1.29, 1.82) is 0 Å². The van der Waals surface area contributed by atoms with Gasteiger partial charge in [0.1, 0.15) is 0 Å². The van der Waals surface area contributed by atoms with Crippen molar-refractivity contribution in [3.8, 4) is 0 Å². The number of rotatable bonds is 2. The molecule has 1 amide bonds. The molecule has 0 aromatic rings. The predicted molar refractivity (Wildman–Crippen MR) is 69.7 cm³/mol. The van der Waals surface area contributed by atoms with Crippen molar-refractivity contribution < 1.29 is 4.79 Å². The zero-order valence-corrected chi connectivity index (χ0v) is 11.2. The SMILES string of the molecule is CC1CCCC(NC(=O)C2CNCC2C)CC1. The molecule has 17 heavy (non-hydrogen) atoms. The van der Waals surface area contributed by atoms with Crippen LogP contribution in [0.3, 0.4) is 0 Å². The molecule has 2 rings (SSSR count). The number of carbonyl (C=O) groups is 1. The molecule has 1 heterocycles. The van der Waals surface area contributed by atoms with Gasteiger partial charge < -0.3 is 10.6 Å². The summed E-state index contributed by atoms with van der Waals surface area (Å²) in [7, 11) is 0. The fraction of sp³-hybridized carbons (Fsp3) is 0.929. The minimum absolute atomic E-state index is 0.190. The van der Waals surface area contributed by atoms with E-state index in [2.05, 4.69) is 24.5 Å². The highest BCUT2D eigenvalue weighted by atomic mass is 16.2. The molecule has 1 saturated heterocycles. The average Bonchev–Trinajstić information content (AvgIpc) is 2.61. The van der Waals surface area contributed by atoms with Gasteiger partial charge in [0.15, 0.2) is 0 Å². The first-order valence-corrected chi connectivity index (χ1v) is 7.18. The first-order chi connectivity index (χ1) is 8.16. The Morgan fingerprint density at radius 3 is 2.65 bits per heavy atom. The smallest absolute Gasteiger partial charge is 0.224 e. The fourth-order valence-electron chi connectivity index (χ4n) is 3.10. The summed E-state index contributed by atoms with van der Waals surface area (Å²) in [5.41, 5.74) is 0. The zero-order valence-electron chi connectivity index (χ0n) is 11.2. The van der Waals surface area contributed by atoms with Gasteiger partial charge >= 0.3 is 0 Å². The van der Waals surface area contributed by atoms with Crippen molar-refractivity contribution in [2.24, 2.45) is 17.8 Å². The summed E-state index contributed by atoms with van der Waals surface area (Å²) in [5, 5.41) is 6.57. The Hall–Kier alpha value is -0.570. The maximum Gasteiger partial charge on any atom is 0.224 e. The van der Waals surface area contributed by atoms with E-state index in [-0.39, 0.29) is 11.8 Å². The first-order valence-electron chi connectivity index (χ1n) is 7.18. The van der Waals surface area contributed by atoms with E-state index < -0.39 is 0 Å². The molecule has 0 radical (unpaired) electrons. The summed E-state index contributed by atoms with van der Waals surface area (Å²) in [6.07, 6.45) is 6.20. The molecular formula is C14H26N2O. The number of hydrogen-bond donors (Lipinski definition) is 2. The van der Waals surface area contributed by atoms with Crippen LogP contribution >= 0.6 is 0 Å². The Kier molecular flexibility index (Phi) is 4.43. The maximum absolute atomic E-state index is 12.2. The number of carbonyl (C=O) groups excluding carboxylic acids is 1. The van der Waals surface area contributed by atoms with Crippen LogP contribution in [0.2, 0.25) is 0 Å². The van der Waals surface area contributed by atoms with Crippen LogP contribution in [-0.2, 0) is 4.79 Å². The standard InChI is InChI=1S/C14H26N2O/c1-10-4-3-5-12(7-6-10)16-14(17)13-9-15-8-11(13)2/h10-13,15H,3-9H2,1-2H3,(H,16,17). The van der Waals surface area contributed by atoms with E-state index in [0.717, 1.165) is 19.0 Å². The van der Waals surface area contributed by atoms with Crippen LogP contribution < -0.4 is 10.6 Å². The third-order valence-electron chi connectivity index (χ3n) is 4.46. The van der Waals surface area contributed by atoms with Gasteiger partial charge in [-0.2, -0.15) is 0 Å². The van der Waals surface area contributed by atoms with Crippen molar-refractivity contribution in [3.63, 3.8) is 0 Å². The van der Waals surface area contributed by atoms with Crippen LogP contribution in [0.1, 0.15) is 46.0 Å². The zero-order chi connectivity index (χ0) is 12.3. The van der Waals surface area contributed by atoms with E-state index in [0.29, 0.717) is 12.0 Å². The fourth-order valence-corrected chi connectivity index (χ4v) is 3.10. The molecule has 1 aliphatic heterocycles. The van der Waals surface area contributed by atoms with Crippen LogP contribution in [0.5, 0.6) is 0 Å². The van der Waals surface area contributed by atoms with Crippen LogP contribution in [0.25, 0.3) is 0 Å². The lowest BCUT2D eigenvalue weighted by Gasteiger charge is -2.20. The molecule has 2 fully saturated rings. The minimum Gasteiger partial charge on any atom is -0.353 e. The van der Waals surface area contributed by atoms with E-state index in [4.69, 9.17) is 0 Å². The summed E-state index contributed by atoms with van der Waals surface area (Å²) in [6.45, 7) is 6.34. The second-order valence-corrected chi connectivity index (χ2v) is 6.06. The van der Waals surface area contributed by atoms with Gasteiger partial charge in [-0.1, -0.05) is 26.7 Å². The molecule has 98 valence electrons. The summed E-state index contributed by atoms with van der Waals surface area (Å²) >= 11 is 0. The van der Waals surface area contributed by atoms with Gasteiger partial charge in [0.25, 0.3) is 0 Å². The van der Waals surface area contributed by atoms with Crippen molar-refractivity contribution in [2.75, 3.05) is 13.1 Å². The molecule has 0 aromatic heterocycles. The summed E-state index contributed by atoms with van der Waals surface area (Å²) in [4.78, 5) is 12.2. The number of amides is 1. The van der Waals surface area contributed by atoms with Gasteiger partial charge in [-0.15, -0.1) is 0 Å². The third-order valence-corrected chi connectivity index (χ3v) is 4.46. The first kappa shape index (κ1) is 12.9. The quantitative estimate of drug-likeness (QED) is 0.722. The highest BCUT2D eigenvalue weighted by molar-refractivity contribution is 5.79. The van der Waals surface area contributed by atoms with Crippen molar-refractivity contribution in [2.45, 2.75) is 52.0 Å². The second-order valence-electron chi connectivity index (χ2n) is 6.06. The second kappa shape index (κ2) is 5.85. The van der Waals surface area contributed by atoms with Gasteiger partial charge in [-0.25, -0.2) is 0 Å². The lowest BCUT2D eigenvalue weighted by molar-refractivity contribution is -0.126. The topological polar surface area (TPSA) is 41.1 Å². The molecule has 2 N–H and O–H groups in total. The van der Waals surface area contributed by atoms with Crippen LogP contribution in [-0.4, -0.2) is 25.0 Å². The van der Waals surface area contributed by atoms with Gasteiger partial charge in [0.2, 0.25) is 5.91 Å². The molecule has 4 atom stereocenters. The molecule has 3 heteroatoms. The van der Waals surface area contributed by atoms with Crippen LogP contribution in [0.15, 0.2) is 0 Å². The lowest BCUT2D eigenvalue weighted by atomic mass is 9.96. The molecule has 0 spiro atoms. The van der Waals surface area contributed by atoms with Gasteiger partial charge in [0.05, 0.1) is 5.92 Å². The predicted octanol–water partition coefficient (Wildman–Crippen LogP) is 1.93. The van der Waals surface area contributed by atoms with Gasteiger partial charge in [0, 0.05) is 12.6 Å². The molecule has 1 saturated carbocycles. The summed E-state index contributed by atoms with van der Waals surface area (Å²) in [5.74, 6) is 1.79.